The van der Waals surface area contributed by atoms with Crippen LogP contribution in [0.5, 0.6) is 0 Å². The quantitative estimate of drug-likeness (QED) is 0.679. The van der Waals surface area contributed by atoms with Gasteiger partial charge < -0.3 is 9.30 Å². The van der Waals surface area contributed by atoms with Crippen LogP contribution in [0.1, 0.15) is 15.9 Å². The van der Waals surface area contributed by atoms with E-state index in [9.17, 15) is 4.79 Å². The Morgan fingerprint density at radius 1 is 0.955 bits per heavy atom. The minimum Gasteiger partial charge on any atom is -0.457 e. The number of ether oxygens (including phenoxy) is 1. The van der Waals surface area contributed by atoms with Crippen molar-refractivity contribution in [1.29, 1.82) is 0 Å². The van der Waals surface area contributed by atoms with Gasteiger partial charge >= 0.3 is 5.97 Å². The minimum atomic E-state index is -0.305. The van der Waals surface area contributed by atoms with E-state index >= 15 is 0 Å². The van der Waals surface area contributed by atoms with Crippen molar-refractivity contribution in [3.63, 3.8) is 0 Å². The van der Waals surface area contributed by atoms with Crippen LogP contribution in [0.25, 0.3) is 11.3 Å². The fourth-order valence-electron chi connectivity index (χ4n) is 2.43. The molecule has 0 fully saturated rings. The number of carbonyl (C=O) groups excluding carboxylic acids is 1. The number of benzene rings is 2. The van der Waals surface area contributed by atoms with Crippen molar-refractivity contribution in [2.75, 3.05) is 0 Å². The Hall–Kier alpha value is -2.81. The van der Waals surface area contributed by atoms with Crippen molar-refractivity contribution < 1.29 is 9.53 Å². The number of hydrogen-bond acceptors (Lipinski definition) is 2. The molecular formula is C19H17NO2. The number of carbonyl (C=O) groups is 1. The number of hydrogen-bond donors (Lipinski definition) is 0. The van der Waals surface area contributed by atoms with Crippen molar-refractivity contribution in [2.45, 2.75) is 6.61 Å². The second kappa shape index (κ2) is 6.31. The fraction of sp³-hybridized carbons (Fsp3) is 0.105. The summed E-state index contributed by atoms with van der Waals surface area (Å²) < 4.78 is 7.43. The molecule has 1 heterocycles. The Labute approximate surface area is 129 Å². The molecule has 2 aromatic carbocycles. The molecule has 0 N–H and O–H groups in total. The van der Waals surface area contributed by atoms with Crippen LogP contribution in [-0.2, 0) is 18.4 Å². The Bertz CT molecular complexity index is 775. The zero-order valence-corrected chi connectivity index (χ0v) is 12.4. The molecule has 3 nitrogen and oxygen atoms in total. The summed E-state index contributed by atoms with van der Waals surface area (Å²) in [6.07, 6.45) is 1.96. The molecule has 0 radical (unpaired) electrons. The predicted octanol–water partition coefficient (Wildman–Crippen LogP) is 4.05. The first-order valence-electron chi connectivity index (χ1n) is 7.17. The third-order valence-corrected chi connectivity index (χ3v) is 3.58. The van der Waals surface area contributed by atoms with E-state index in [4.69, 9.17) is 4.74 Å². The number of esters is 1. The Morgan fingerprint density at radius 3 is 2.41 bits per heavy atom. The smallest absolute Gasteiger partial charge is 0.339 e. The summed E-state index contributed by atoms with van der Waals surface area (Å²) in [6.45, 7) is 0.279. The molecule has 0 saturated heterocycles. The van der Waals surface area contributed by atoms with Crippen molar-refractivity contribution >= 4 is 5.97 Å². The van der Waals surface area contributed by atoms with Crippen LogP contribution in [0.2, 0.25) is 0 Å². The molecule has 0 aliphatic carbocycles. The van der Waals surface area contributed by atoms with E-state index in [1.807, 2.05) is 78.5 Å². The van der Waals surface area contributed by atoms with E-state index in [1.165, 1.54) is 0 Å². The molecule has 22 heavy (non-hydrogen) atoms. The highest BCUT2D eigenvalue weighted by atomic mass is 16.5. The number of rotatable bonds is 4. The zero-order valence-electron chi connectivity index (χ0n) is 12.4. The van der Waals surface area contributed by atoms with Gasteiger partial charge in [-0.25, -0.2) is 4.79 Å². The second-order valence-corrected chi connectivity index (χ2v) is 5.11. The molecule has 0 atom stereocenters. The van der Waals surface area contributed by atoms with E-state index in [0.717, 1.165) is 16.8 Å². The lowest BCUT2D eigenvalue weighted by molar-refractivity contribution is 0.0473. The normalized spacial score (nSPS) is 10.4. The molecule has 0 bridgehead atoms. The maximum absolute atomic E-state index is 12.4. The number of aromatic nitrogens is 1. The number of aryl methyl sites for hydroxylation is 1. The van der Waals surface area contributed by atoms with Gasteiger partial charge in [0.1, 0.15) is 6.61 Å². The lowest BCUT2D eigenvalue weighted by Crippen LogP contribution is -2.07. The Kier molecular flexibility index (Phi) is 4.05. The van der Waals surface area contributed by atoms with Gasteiger partial charge in [0.2, 0.25) is 0 Å². The highest BCUT2D eigenvalue weighted by Crippen LogP contribution is 2.24. The molecule has 1 aromatic heterocycles. The van der Waals surface area contributed by atoms with E-state index in [2.05, 4.69) is 0 Å². The molecule has 3 heteroatoms. The van der Waals surface area contributed by atoms with E-state index < -0.39 is 0 Å². The molecule has 3 rings (SSSR count). The van der Waals surface area contributed by atoms with Crippen LogP contribution in [-0.4, -0.2) is 10.5 Å². The van der Waals surface area contributed by atoms with E-state index in [-0.39, 0.29) is 12.6 Å². The van der Waals surface area contributed by atoms with Gasteiger partial charge in [-0.2, -0.15) is 0 Å². The summed E-state index contributed by atoms with van der Waals surface area (Å²) in [4.78, 5) is 12.4. The predicted molar refractivity (Wildman–Crippen MR) is 86.4 cm³/mol. The van der Waals surface area contributed by atoms with Gasteiger partial charge in [0.25, 0.3) is 0 Å². The highest BCUT2D eigenvalue weighted by molar-refractivity contribution is 5.96. The average molecular weight is 291 g/mol. The average Bonchev–Trinajstić information content (AvgIpc) is 2.99. The van der Waals surface area contributed by atoms with Crippen LogP contribution < -0.4 is 0 Å². The lowest BCUT2D eigenvalue weighted by atomic mass is 10.0. The minimum absolute atomic E-state index is 0.279. The fourth-order valence-corrected chi connectivity index (χ4v) is 2.43. The summed E-state index contributed by atoms with van der Waals surface area (Å²) in [5, 5.41) is 0. The molecule has 3 aromatic rings. The van der Waals surface area contributed by atoms with Crippen LogP contribution in [0.4, 0.5) is 0 Å². The highest BCUT2D eigenvalue weighted by Gasteiger charge is 2.15. The van der Waals surface area contributed by atoms with Crippen LogP contribution >= 0.6 is 0 Å². The van der Waals surface area contributed by atoms with Gasteiger partial charge in [0, 0.05) is 24.5 Å². The largest absolute Gasteiger partial charge is 0.457 e. The van der Waals surface area contributed by atoms with Gasteiger partial charge in [-0.1, -0.05) is 48.5 Å². The van der Waals surface area contributed by atoms with E-state index in [1.54, 1.807) is 6.07 Å². The summed E-state index contributed by atoms with van der Waals surface area (Å²) >= 11 is 0. The van der Waals surface area contributed by atoms with Crippen molar-refractivity contribution in [2.24, 2.45) is 7.05 Å². The van der Waals surface area contributed by atoms with Gasteiger partial charge in [-0.15, -0.1) is 0 Å². The molecule has 0 saturated carbocycles. The first-order valence-corrected chi connectivity index (χ1v) is 7.17. The zero-order chi connectivity index (χ0) is 15.4. The number of nitrogens with zero attached hydrogens (tertiary/aromatic N) is 1. The third-order valence-electron chi connectivity index (χ3n) is 3.58. The lowest BCUT2D eigenvalue weighted by Gasteiger charge is -2.10. The molecule has 110 valence electrons. The molecule has 0 unspecified atom stereocenters. The van der Waals surface area contributed by atoms with E-state index in [0.29, 0.717) is 5.56 Å². The first kappa shape index (κ1) is 14.1. The van der Waals surface area contributed by atoms with Gasteiger partial charge in [0.05, 0.1) is 5.56 Å². The Balaban J connectivity index is 1.83. The standard InChI is InChI=1S/C19H17NO2/c1-20-13-7-12-18(20)16-10-5-6-11-17(16)19(21)22-14-15-8-3-2-4-9-15/h2-13H,14H2,1H3. The van der Waals surface area contributed by atoms with Crippen LogP contribution in [0, 0.1) is 0 Å². The van der Waals surface area contributed by atoms with Crippen LogP contribution in [0.3, 0.4) is 0 Å². The molecule has 0 aliphatic heterocycles. The summed E-state index contributed by atoms with van der Waals surface area (Å²) in [5.74, 6) is -0.305. The Morgan fingerprint density at radius 2 is 1.68 bits per heavy atom. The molecule has 0 aliphatic rings. The maximum Gasteiger partial charge on any atom is 0.339 e. The topological polar surface area (TPSA) is 31.2 Å². The van der Waals surface area contributed by atoms with Gasteiger partial charge in [-0.05, 0) is 23.8 Å². The molecule has 0 amide bonds. The first-order chi connectivity index (χ1) is 10.8. The van der Waals surface area contributed by atoms with Crippen LogP contribution in [0.15, 0.2) is 72.9 Å². The summed E-state index contributed by atoms with van der Waals surface area (Å²) in [6, 6.07) is 21.2. The monoisotopic (exact) mass is 291 g/mol. The van der Waals surface area contributed by atoms with Gasteiger partial charge in [0.15, 0.2) is 0 Å². The maximum atomic E-state index is 12.4. The molecule has 0 spiro atoms. The SMILES string of the molecule is Cn1cccc1-c1ccccc1C(=O)OCc1ccccc1. The second-order valence-electron chi connectivity index (χ2n) is 5.11. The van der Waals surface area contributed by atoms with Crippen molar-refractivity contribution in [3.05, 3.63) is 84.1 Å². The van der Waals surface area contributed by atoms with Crippen molar-refractivity contribution in [1.82, 2.24) is 4.57 Å². The van der Waals surface area contributed by atoms with Crippen molar-refractivity contribution in [3.8, 4) is 11.3 Å². The summed E-state index contributed by atoms with van der Waals surface area (Å²) in [5.41, 5.74) is 3.44. The van der Waals surface area contributed by atoms with Gasteiger partial charge in [-0.3, -0.25) is 0 Å². The summed E-state index contributed by atoms with van der Waals surface area (Å²) in [7, 11) is 1.96. The molecular weight excluding hydrogens is 274 g/mol. The third kappa shape index (κ3) is 2.93.